The Balaban J connectivity index is 2.64. The second-order valence-electron chi connectivity index (χ2n) is 1.02. The lowest BCUT2D eigenvalue weighted by atomic mass is 10.7. The fourth-order valence-corrected chi connectivity index (χ4v) is 3.82. The summed E-state index contributed by atoms with van der Waals surface area (Å²) < 4.78 is 1.08. The van der Waals surface area contributed by atoms with Gasteiger partial charge in [-0.3, -0.25) is 0 Å². The fourth-order valence-electron chi connectivity index (χ4n) is 0.235. The van der Waals surface area contributed by atoms with Gasteiger partial charge in [0, 0.05) is 5.75 Å². The minimum absolute atomic E-state index is 0.940. The number of halogens is 2. The zero-order valence-electron chi connectivity index (χ0n) is 3.28. The van der Waals surface area contributed by atoms with Gasteiger partial charge in [-0.15, -0.1) is 0 Å². The van der Waals surface area contributed by atoms with Gasteiger partial charge in [0.2, 0.25) is 0 Å². The van der Waals surface area contributed by atoms with E-state index in [4.69, 9.17) is 11.6 Å². The average molecular weight is 218 g/mol. The highest BCUT2D eigenvalue weighted by atomic mass is 79.9. The van der Waals surface area contributed by atoms with Gasteiger partial charge in [-0.25, -0.2) is 0 Å². The summed E-state index contributed by atoms with van der Waals surface area (Å²) in [6.07, 6.45) is 0. The lowest BCUT2D eigenvalue weighted by molar-refractivity contribution is 1.75. The molecule has 0 nitrogen and oxygen atoms in total. The van der Waals surface area contributed by atoms with Gasteiger partial charge in [-0.05, 0) is 26.7 Å². The van der Waals surface area contributed by atoms with E-state index in [1.807, 2.05) is 0 Å². The summed E-state index contributed by atoms with van der Waals surface area (Å²) in [5, 5.41) is 0.940. The number of hydrogen-bond donors (Lipinski definition) is 0. The van der Waals surface area contributed by atoms with Gasteiger partial charge in [0.05, 0.1) is 8.85 Å². The van der Waals surface area contributed by atoms with Crippen molar-refractivity contribution >= 4 is 49.1 Å². The van der Waals surface area contributed by atoms with Gasteiger partial charge >= 0.3 is 0 Å². The molecule has 0 atom stereocenters. The van der Waals surface area contributed by atoms with Crippen LogP contribution in [-0.2, 0) is 0 Å². The molecule has 0 fully saturated rings. The maximum Gasteiger partial charge on any atom is 0.0765 e. The molecule has 0 unspecified atom stereocenters. The molecule has 0 N–H and O–H groups in total. The monoisotopic (exact) mass is 216 g/mol. The van der Waals surface area contributed by atoms with Crippen molar-refractivity contribution in [2.45, 2.75) is 0 Å². The highest BCUT2D eigenvalue weighted by Gasteiger charge is 2.09. The standard InChI is InChI=1S/C3H2BrClS2/c4-3-2(5)1-6-7-3/h1H2. The summed E-state index contributed by atoms with van der Waals surface area (Å²) in [6, 6.07) is 0. The van der Waals surface area contributed by atoms with Crippen LogP contribution >= 0.6 is 49.1 Å². The van der Waals surface area contributed by atoms with Crippen molar-refractivity contribution in [1.82, 2.24) is 0 Å². The van der Waals surface area contributed by atoms with Crippen LogP contribution in [0, 0.1) is 0 Å². The summed E-state index contributed by atoms with van der Waals surface area (Å²) in [4.78, 5) is 0. The minimum Gasteiger partial charge on any atom is -0.0864 e. The first-order valence-electron chi connectivity index (χ1n) is 1.64. The molecule has 0 aromatic heterocycles. The molecule has 0 spiro atoms. The summed E-state index contributed by atoms with van der Waals surface area (Å²) in [5.74, 6) is 0.951. The van der Waals surface area contributed by atoms with Gasteiger partial charge in [-0.1, -0.05) is 22.4 Å². The first kappa shape index (κ1) is 6.33. The molecular formula is C3H2BrClS2. The molecule has 0 saturated carbocycles. The summed E-state index contributed by atoms with van der Waals surface area (Å²) >= 11 is 8.95. The third-order valence-electron chi connectivity index (χ3n) is 0.531. The van der Waals surface area contributed by atoms with Gasteiger partial charge < -0.3 is 0 Å². The predicted octanol–water partition coefficient (Wildman–Crippen LogP) is 3.18. The molecule has 0 amide bonds. The van der Waals surface area contributed by atoms with Crippen molar-refractivity contribution < 1.29 is 0 Å². The van der Waals surface area contributed by atoms with Crippen LogP contribution in [0.4, 0.5) is 0 Å². The molecule has 40 valence electrons. The van der Waals surface area contributed by atoms with E-state index in [0.717, 1.165) is 14.6 Å². The average Bonchev–Trinajstić information content (AvgIpc) is 1.91. The van der Waals surface area contributed by atoms with Crippen LogP contribution in [-0.4, -0.2) is 5.75 Å². The topological polar surface area (TPSA) is 0 Å². The van der Waals surface area contributed by atoms with Crippen molar-refractivity contribution in [1.29, 1.82) is 0 Å². The highest BCUT2D eigenvalue weighted by molar-refractivity contribution is 9.16. The lowest BCUT2D eigenvalue weighted by Gasteiger charge is -1.79. The van der Waals surface area contributed by atoms with E-state index >= 15 is 0 Å². The van der Waals surface area contributed by atoms with E-state index in [2.05, 4.69) is 15.9 Å². The zero-order valence-corrected chi connectivity index (χ0v) is 7.25. The largest absolute Gasteiger partial charge is 0.0864 e. The van der Waals surface area contributed by atoms with Gasteiger partial charge in [0.15, 0.2) is 0 Å². The Morgan fingerprint density at radius 1 is 1.71 bits per heavy atom. The molecular weight excluding hydrogens is 216 g/mol. The number of rotatable bonds is 0. The van der Waals surface area contributed by atoms with E-state index < -0.39 is 0 Å². The fraction of sp³-hybridized carbons (Fsp3) is 0.333. The summed E-state index contributed by atoms with van der Waals surface area (Å²) in [6.45, 7) is 0. The summed E-state index contributed by atoms with van der Waals surface area (Å²) in [7, 11) is 3.44. The molecule has 0 aromatic carbocycles. The zero-order chi connectivity index (χ0) is 5.28. The highest BCUT2D eigenvalue weighted by Crippen LogP contribution is 2.45. The Morgan fingerprint density at radius 3 is 2.57 bits per heavy atom. The van der Waals surface area contributed by atoms with Gasteiger partial charge in [-0.2, -0.15) is 0 Å². The van der Waals surface area contributed by atoms with E-state index in [1.54, 1.807) is 21.6 Å². The smallest absolute Gasteiger partial charge is 0.0765 e. The van der Waals surface area contributed by atoms with Crippen LogP contribution in [0.5, 0.6) is 0 Å². The molecule has 0 saturated heterocycles. The maximum atomic E-state index is 5.65. The van der Waals surface area contributed by atoms with Crippen molar-refractivity contribution in [2.24, 2.45) is 0 Å². The van der Waals surface area contributed by atoms with Crippen LogP contribution < -0.4 is 0 Å². The molecule has 1 heterocycles. The summed E-state index contributed by atoms with van der Waals surface area (Å²) in [5.41, 5.74) is 0. The molecule has 1 aliphatic rings. The first-order valence-corrected chi connectivity index (χ1v) is 5.13. The van der Waals surface area contributed by atoms with Crippen molar-refractivity contribution in [3.05, 3.63) is 8.85 Å². The van der Waals surface area contributed by atoms with Crippen LogP contribution in [0.15, 0.2) is 8.85 Å². The Bertz CT molecular complexity index is 99.5. The van der Waals surface area contributed by atoms with Gasteiger partial charge in [0.1, 0.15) is 0 Å². The molecule has 1 rings (SSSR count). The first-order chi connectivity index (χ1) is 3.30. The molecule has 4 heteroatoms. The normalized spacial score (nSPS) is 21.4. The minimum atomic E-state index is 0.940. The molecule has 0 aromatic rings. The molecule has 0 radical (unpaired) electrons. The Hall–Kier alpha value is 1.21. The second-order valence-corrected chi connectivity index (χ2v) is 5.10. The van der Waals surface area contributed by atoms with Crippen LogP contribution in [0.1, 0.15) is 0 Å². The molecule has 7 heavy (non-hydrogen) atoms. The van der Waals surface area contributed by atoms with Crippen molar-refractivity contribution in [3.8, 4) is 0 Å². The van der Waals surface area contributed by atoms with E-state index in [0.29, 0.717) is 0 Å². The molecule has 1 aliphatic heterocycles. The Kier molecular flexibility index (Phi) is 2.41. The third-order valence-corrected chi connectivity index (χ3v) is 5.08. The Morgan fingerprint density at radius 2 is 2.43 bits per heavy atom. The van der Waals surface area contributed by atoms with E-state index in [1.165, 1.54) is 0 Å². The third kappa shape index (κ3) is 1.56. The lowest BCUT2D eigenvalue weighted by Crippen LogP contribution is -1.64. The van der Waals surface area contributed by atoms with Crippen LogP contribution in [0.2, 0.25) is 0 Å². The second kappa shape index (κ2) is 2.67. The van der Waals surface area contributed by atoms with Gasteiger partial charge in [0.25, 0.3) is 0 Å². The SMILES string of the molecule is ClC1=C(Br)SSC1. The molecule has 0 bridgehead atoms. The maximum absolute atomic E-state index is 5.65. The van der Waals surface area contributed by atoms with Crippen LogP contribution in [0.25, 0.3) is 0 Å². The van der Waals surface area contributed by atoms with Crippen molar-refractivity contribution in [2.75, 3.05) is 5.75 Å². The van der Waals surface area contributed by atoms with Crippen LogP contribution in [0.3, 0.4) is 0 Å². The van der Waals surface area contributed by atoms with Crippen molar-refractivity contribution in [3.63, 3.8) is 0 Å². The quantitative estimate of drug-likeness (QED) is 0.572. The number of hydrogen-bond acceptors (Lipinski definition) is 2. The Labute approximate surface area is 63.6 Å². The predicted molar refractivity (Wildman–Crippen MR) is 41.9 cm³/mol. The van der Waals surface area contributed by atoms with E-state index in [-0.39, 0.29) is 0 Å². The molecule has 0 aliphatic carbocycles. The van der Waals surface area contributed by atoms with E-state index in [9.17, 15) is 0 Å².